The highest BCUT2D eigenvalue weighted by atomic mass is 79.9. The van der Waals surface area contributed by atoms with Gasteiger partial charge in [0.15, 0.2) is 0 Å². The topological polar surface area (TPSA) is 55.1 Å². The lowest BCUT2D eigenvalue weighted by Crippen LogP contribution is -2.14. The van der Waals surface area contributed by atoms with Crippen molar-refractivity contribution in [3.63, 3.8) is 0 Å². The van der Waals surface area contributed by atoms with E-state index in [9.17, 15) is 4.79 Å². The highest BCUT2D eigenvalue weighted by molar-refractivity contribution is 9.10. The number of nitrogen functional groups attached to an aromatic ring is 1. The summed E-state index contributed by atoms with van der Waals surface area (Å²) in [6.07, 6.45) is 0. The number of benzene rings is 2. The Labute approximate surface area is 131 Å². The van der Waals surface area contributed by atoms with Crippen LogP contribution in [0.4, 0.5) is 11.4 Å². The molecule has 0 atom stereocenters. The van der Waals surface area contributed by atoms with E-state index in [0.29, 0.717) is 22.0 Å². The lowest BCUT2D eigenvalue weighted by molar-refractivity contribution is 0.102. The van der Waals surface area contributed by atoms with Gasteiger partial charge in [-0.1, -0.05) is 23.2 Å². The van der Waals surface area contributed by atoms with E-state index in [4.69, 9.17) is 17.3 Å². The Balaban J connectivity index is 2.32. The van der Waals surface area contributed by atoms with Gasteiger partial charge in [0.05, 0.1) is 16.3 Å². The second kappa shape index (κ2) is 5.85. The molecule has 3 N–H and O–H groups in total. The van der Waals surface area contributed by atoms with E-state index in [1.54, 1.807) is 12.1 Å². The molecule has 3 nitrogen and oxygen atoms in total. The smallest absolute Gasteiger partial charge is 0.256 e. The van der Waals surface area contributed by atoms with Crippen molar-refractivity contribution in [3.8, 4) is 0 Å². The summed E-state index contributed by atoms with van der Waals surface area (Å²) in [4.78, 5) is 12.3. The van der Waals surface area contributed by atoms with E-state index in [-0.39, 0.29) is 5.91 Å². The number of rotatable bonds is 2. The predicted octanol–water partition coefficient (Wildman–Crippen LogP) is 4.55. The van der Waals surface area contributed by atoms with Crippen LogP contribution in [0.15, 0.2) is 34.8 Å². The molecule has 2 aromatic rings. The molecule has 0 heterocycles. The van der Waals surface area contributed by atoms with Crippen molar-refractivity contribution in [2.24, 2.45) is 0 Å². The van der Waals surface area contributed by atoms with Crippen LogP contribution in [0.1, 0.15) is 21.5 Å². The quantitative estimate of drug-likeness (QED) is 0.778. The number of aryl methyl sites for hydroxylation is 2. The normalized spacial score (nSPS) is 10.4. The Morgan fingerprint density at radius 2 is 1.95 bits per heavy atom. The summed E-state index contributed by atoms with van der Waals surface area (Å²) in [6.45, 7) is 3.81. The average Bonchev–Trinajstić information content (AvgIpc) is 2.38. The van der Waals surface area contributed by atoms with Crippen molar-refractivity contribution >= 4 is 44.8 Å². The van der Waals surface area contributed by atoms with Gasteiger partial charge in [-0.3, -0.25) is 4.79 Å². The molecule has 2 aromatic carbocycles. The predicted molar refractivity (Wildman–Crippen MR) is 87.4 cm³/mol. The SMILES string of the molecule is Cc1ccc(Br)c(C(=O)Nc2cc(Cl)c(N)cc2C)c1. The molecular weight excluding hydrogens is 340 g/mol. The molecule has 0 radical (unpaired) electrons. The zero-order valence-corrected chi connectivity index (χ0v) is 13.5. The fourth-order valence-electron chi connectivity index (χ4n) is 1.84. The van der Waals surface area contributed by atoms with Gasteiger partial charge in [-0.2, -0.15) is 0 Å². The first-order chi connectivity index (χ1) is 9.38. The third kappa shape index (κ3) is 3.14. The van der Waals surface area contributed by atoms with Gasteiger partial charge in [0.1, 0.15) is 0 Å². The van der Waals surface area contributed by atoms with Crippen LogP contribution in [0.3, 0.4) is 0 Å². The summed E-state index contributed by atoms with van der Waals surface area (Å²) in [7, 11) is 0. The molecular formula is C15H14BrClN2O. The van der Waals surface area contributed by atoms with Crippen molar-refractivity contribution in [1.29, 1.82) is 0 Å². The molecule has 0 unspecified atom stereocenters. The van der Waals surface area contributed by atoms with Crippen molar-refractivity contribution in [2.75, 3.05) is 11.1 Å². The molecule has 0 fully saturated rings. The standard InChI is InChI=1S/C15H14BrClN2O/c1-8-3-4-11(16)10(5-8)15(20)19-14-7-12(17)13(18)6-9(14)2/h3-7H,18H2,1-2H3,(H,19,20). The minimum atomic E-state index is -0.190. The Bertz CT molecular complexity index is 686. The molecule has 20 heavy (non-hydrogen) atoms. The molecule has 0 aromatic heterocycles. The van der Waals surface area contributed by atoms with Gasteiger partial charge in [0.25, 0.3) is 5.91 Å². The van der Waals surface area contributed by atoms with E-state index in [1.165, 1.54) is 0 Å². The van der Waals surface area contributed by atoms with E-state index < -0.39 is 0 Å². The van der Waals surface area contributed by atoms with Crippen LogP contribution in [0.2, 0.25) is 5.02 Å². The highest BCUT2D eigenvalue weighted by Crippen LogP contribution is 2.27. The minimum absolute atomic E-state index is 0.190. The third-order valence-corrected chi connectivity index (χ3v) is 3.98. The number of anilines is 2. The Morgan fingerprint density at radius 1 is 1.25 bits per heavy atom. The molecule has 0 saturated heterocycles. The van der Waals surface area contributed by atoms with Gasteiger partial charge >= 0.3 is 0 Å². The maximum Gasteiger partial charge on any atom is 0.256 e. The molecule has 1 amide bonds. The Kier molecular flexibility index (Phi) is 4.35. The van der Waals surface area contributed by atoms with Crippen LogP contribution in [0.5, 0.6) is 0 Å². The van der Waals surface area contributed by atoms with Crippen LogP contribution < -0.4 is 11.1 Å². The summed E-state index contributed by atoms with van der Waals surface area (Å²) in [5.41, 5.74) is 9.34. The van der Waals surface area contributed by atoms with Crippen molar-refractivity contribution < 1.29 is 4.79 Å². The minimum Gasteiger partial charge on any atom is -0.398 e. The third-order valence-electron chi connectivity index (χ3n) is 2.96. The number of nitrogens with two attached hydrogens (primary N) is 1. The summed E-state index contributed by atoms with van der Waals surface area (Å²) in [6, 6.07) is 9.02. The number of hydrogen-bond acceptors (Lipinski definition) is 2. The first-order valence-electron chi connectivity index (χ1n) is 6.01. The van der Waals surface area contributed by atoms with E-state index in [1.807, 2.05) is 32.0 Å². The monoisotopic (exact) mass is 352 g/mol. The molecule has 0 aliphatic carbocycles. The first-order valence-corrected chi connectivity index (χ1v) is 7.18. The summed E-state index contributed by atoms with van der Waals surface area (Å²) in [5.74, 6) is -0.190. The second-order valence-corrected chi connectivity index (χ2v) is 5.89. The summed E-state index contributed by atoms with van der Waals surface area (Å²) < 4.78 is 0.750. The zero-order valence-electron chi connectivity index (χ0n) is 11.1. The van der Waals surface area contributed by atoms with E-state index in [2.05, 4.69) is 21.2 Å². The Hall–Kier alpha value is -1.52. The lowest BCUT2D eigenvalue weighted by atomic mass is 10.1. The van der Waals surface area contributed by atoms with Gasteiger partial charge in [-0.25, -0.2) is 0 Å². The average molecular weight is 354 g/mol. The van der Waals surface area contributed by atoms with Gasteiger partial charge in [-0.15, -0.1) is 0 Å². The van der Waals surface area contributed by atoms with E-state index in [0.717, 1.165) is 15.6 Å². The number of hydrogen-bond donors (Lipinski definition) is 2. The van der Waals surface area contributed by atoms with Gasteiger partial charge in [0, 0.05) is 10.2 Å². The Morgan fingerprint density at radius 3 is 2.65 bits per heavy atom. The molecule has 104 valence electrons. The number of carbonyl (C=O) groups is 1. The summed E-state index contributed by atoms with van der Waals surface area (Å²) >= 11 is 9.37. The molecule has 0 spiro atoms. The van der Waals surface area contributed by atoms with E-state index >= 15 is 0 Å². The molecule has 0 saturated carbocycles. The largest absolute Gasteiger partial charge is 0.398 e. The maximum atomic E-state index is 12.3. The molecule has 5 heteroatoms. The number of amides is 1. The van der Waals surface area contributed by atoms with Crippen LogP contribution in [0.25, 0.3) is 0 Å². The lowest BCUT2D eigenvalue weighted by Gasteiger charge is -2.11. The maximum absolute atomic E-state index is 12.3. The van der Waals surface area contributed by atoms with Crippen molar-refractivity contribution in [3.05, 3.63) is 56.5 Å². The fourth-order valence-corrected chi connectivity index (χ4v) is 2.43. The van der Waals surface area contributed by atoms with Crippen LogP contribution >= 0.6 is 27.5 Å². The van der Waals surface area contributed by atoms with Crippen LogP contribution in [-0.4, -0.2) is 5.91 Å². The van der Waals surface area contributed by atoms with Crippen LogP contribution in [-0.2, 0) is 0 Å². The van der Waals surface area contributed by atoms with Crippen molar-refractivity contribution in [1.82, 2.24) is 0 Å². The van der Waals surface area contributed by atoms with Gasteiger partial charge < -0.3 is 11.1 Å². The molecule has 0 aliphatic heterocycles. The molecule has 0 bridgehead atoms. The first kappa shape index (κ1) is 14.9. The van der Waals surface area contributed by atoms with Gasteiger partial charge in [0.2, 0.25) is 0 Å². The highest BCUT2D eigenvalue weighted by Gasteiger charge is 2.12. The number of halogens is 2. The van der Waals surface area contributed by atoms with Crippen molar-refractivity contribution in [2.45, 2.75) is 13.8 Å². The fraction of sp³-hybridized carbons (Fsp3) is 0.133. The zero-order chi connectivity index (χ0) is 14.9. The number of carbonyl (C=O) groups excluding carboxylic acids is 1. The van der Waals surface area contributed by atoms with Crippen LogP contribution in [0, 0.1) is 13.8 Å². The number of nitrogens with one attached hydrogen (secondary N) is 1. The second-order valence-electron chi connectivity index (χ2n) is 4.63. The summed E-state index contributed by atoms with van der Waals surface area (Å²) in [5, 5.41) is 3.28. The molecule has 0 aliphatic rings. The molecule has 2 rings (SSSR count). The van der Waals surface area contributed by atoms with Gasteiger partial charge in [-0.05, 0) is 59.6 Å².